The molecule has 2 aromatic carbocycles. The maximum Gasteiger partial charge on any atom is 0.349 e. The number of hydrogen-bond donors (Lipinski definition) is 2. The number of anilines is 1. The molecule has 0 spiro atoms. The summed E-state index contributed by atoms with van der Waals surface area (Å²) in [4.78, 5) is 21.1. The van der Waals surface area contributed by atoms with Crippen molar-refractivity contribution in [3.63, 3.8) is 0 Å². The van der Waals surface area contributed by atoms with Crippen molar-refractivity contribution in [3.05, 3.63) is 70.4 Å². The number of benzene rings is 2. The summed E-state index contributed by atoms with van der Waals surface area (Å²) in [5, 5.41) is 5.58. The number of nitrogens with zero attached hydrogens (tertiary/aromatic N) is 2. The van der Waals surface area contributed by atoms with E-state index in [1.165, 1.54) is 13.2 Å². The second-order valence-electron chi connectivity index (χ2n) is 7.21. The van der Waals surface area contributed by atoms with E-state index in [0.717, 1.165) is 33.4 Å². The maximum absolute atomic E-state index is 12.7. The van der Waals surface area contributed by atoms with Gasteiger partial charge >= 0.3 is 5.97 Å². The van der Waals surface area contributed by atoms with Gasteiger partial charge in [0.25, 0.3) is 0 Å². The molecule has 4 rings (SSSR count). The Morgan fingerprint density at radius 3 is 2.55 bits per heavy atom. The highest BCUT2D eigenvalue weighted by molar-refractivity contribution is 7.89. The number of nitrogens with one attached hydrogen (secondary N) is 2. The molecule has 33 heavy (non-hydrogen) atoms. The number of carbonyl (C=O) groups excluding carboxylic acids is 1. The minimum Gasteiger partial charge on any atom is -0.465 e. The van der Waals surface area contributed by atoms with Crippen LogP contribution >= 0.6 is 11.3 Å². The summed E-state index contributed by atoms with van der Waals surface area (Å²) in [6, 6.07) is 17.0. The van der Waals surface area contributed by atoms with E-state index in [1.807, 2.05) is 55.5 Å². The Labute approximate surface area is 195 Å². The molecule has 0 amide bonds. The van der Waals surface area contributed by atoms with E-state index in [1.54, 1.807) is 5.38 Å². The van der Waals surface area contributed by atoms with Crippen LogP contribution < -0.4 is 10.0 Å². The summed E-state index contributed by atoms with van der Waals surface area (Å²) >= 11 is 1.02. The molecule has 0 aliphatic heterocycles. The number of aryl methyl sites for hydroxylation is 1. The fourth-order valence-electron chi connectivity index (χ4n) is 3.24. The monoisotopic (exact) mass is 482 g/mol. The number of aromatic nitrogens is 2. The van der Waals surface area contributed by atoms with Crippen LogP contribution in [-0.2, 0) is 14.8 Å². The van der Waals surface area contributed by atoms with Crippen molar-refractivity contribution < 1.29 is 17.9 Å². The highest BCUT2D eigenvalue weighted by Gasteiger charge is 2.24. The zero-order chi connectivity index (χ0) is 23.4. The molecule has 0 saturated heterocycles. The van der Waals surface area contributed by atoms with Gasteiger partial charge in [-0.2, -0.15) is 0 Å². The van der Waals surface area contributed by atoms with Crippen LogP contribution in [-0.4, -0.2) is 44.6 Å². The lowest BCUT2D eigenvalue weighted by Crippen LogP contribution is -2.29. The van der Waals surface area contributed by atoms with E-state index in [2.05, 4.69) is 24.7 Å². The molecule has 0 aliphatic rings. The number of esters is 1. The molecule has 4 aromatic rings. The summed E-state index contributed by atoms with van der Waals surface area (Å²) in [5.74, 6) is 0.513. The fraction of sp³-hybridized carbons (Fsp3) is 0.174. The van der Waals surface area contributed by atoms with Crippen molar-refractivity contribution in [1.82, 2.24) is 14.7 Å². The lowest BCUT2D eigenvalue weighted by Gasteiger charge is -2.12. The molecule has 8 nitrogen and oxygen atoms in total. The molecule has 0 radical (unpaired) electrons. The zero-order valence-corrected chi connectivity index (χ0v) is 19.7. The highest BCUT2D eigenvalue weighted by atomic mass is 32.2. The van der Waals surface area contributed by atoms with Gasteiger partial charge in [0.05, 0.1) is 12.6 Å². The van der Waals surface area contributed by atoms with Crippen LogP contribution in [0.25, 0.3) is 22.3 Å². The van der Waals surface area contributed by atoms with Gasteiger partial charge in [0.15, 0.2) is 5.82 Å². The third-order valence-corrected chi connectivity index (χ3v) is 7.44. The van der Waals surface area contributed by atoms with Crippen molar-refractivity contribution in [3.8, 4) is 11.4 Å². The lowest BCUT2D eigenvalue weighted by molar-refractivity contribution is 0.0602. The molecule has 0 aliphatic carbocycles. The summed E-state index contributed by atoms with van der Waals surface area (Å²) in [6.45, 7) is 2.39. The van der Waals surface area contributed by atoms with E-state index < -0.39 is 16.0 Å². The number of sulfonamides is 1. The Kier molecular flexibility index (Phi) is 6.68. The van der Waals surface area contributed by atoms with Crippen LogP contribution in [0.1, 0.15) is 15.2 Å². The van der Waals surface area contributed by atoms with Gasteiger partial charge < -0.3 is 10.1 Å². The highest BCUT2D eigenvalue weighted by Crippen LogP contribution is 2.25. The largest absolute Gasteiger partial charge is 0.465 e. The molecule has 2 N–H and O–H groups in total. The first kappa shape index (κ1) is 22.8. The number of carbonyl (C=O) groups is 1. The summed E-state index contributed by atoms with van der Waals surface area (Å²) in [5.41, 5.74) is 2.82. The van der Waals surface area contributed by atoms with Gasteiger partial charge in [-0.3, -0.25) is 0 Å². The molecule has 0 bridgehead atoms. The first-order valence-corrected chi connectivity index (χ1v) is 12.5. The van der Waals surface area contributed by atoms with Gasteiger partial charge in [-0.05, 0) is 30.5 Å². The van der Waals surface area contributed by atoms with Crippen LogP contribution in [0.3, 0.4) is 0 Å². The van der Waals surface area contributed by atoms with Crippen molar-refractivity contribution >= 4 is 44.1 Å². The molecule has 2 heterocycles. The number of rotatable bonds is 8. The third kappa shape index (κ3) is 5.03. The topological polar surface area (TPSA) is 110 Å². The second-order valence-corrected chi connectivity index (χ2v) is 9.86. The van der Waals surface area contributed by atoms with Crippen LogP contribution in [0, 0.1) is 6.92 Å². The van der Waals surface area contributed by atoms with Gasteiger partial charge in [-0.1, -0.05) is 42.0 Å². The minimum absolute atomic E-state index is 0.0440. The number of para-hydroxylation sites is 1. The predicted octanol–water partition coefficient (Wildman–Crippen LogP) is 3.84. The normalized spacial score (nSPS) is 11.5. The summed E-state index contributed by atoms with van der Waals surface area (Å²) in [6.07, 6.45) is 0. The number of fused-ring (bicyclic) bond motifs is 1. The van der Waals surface area contributed by atoms with Crippen LogP contribution in [0.15, 0.2) is 64.9 Å². The van der Waals surface area contributed by atoms with Gasteiger partial charge in [-0.15, -0.1) is 11.3 Å². The maximum atomic E-state index is 12.7. The van der Waals surface area contributed by atoms with E-state index in [4.69, 9.17) is 0 Å². The number of methoxy groups -OCH3 is 1. The molecule has 2 aromatic heterocycles. The Morgan fingerprint density at radius 2 is 1.79 bits per heavy atom. The van der Waals surface area contributed by atoms with Crippen molar-refractivity contribution in [2.75, 3.05) is 25.5 Å². The van der Waals surface area contributed by atoms with Gasteiger partial charge in [0.2, 0.25) is 10.0 Å². The van der Waals surface area contributed by atoms with Gasteiger partial charge in [-0.25, -0.2) is 27.9 Å². The molecule has 170 valence electrons. The summed E-state index contributed by atoms with van der Waals surface area (Å²) < 4.78 is 32.5. The molecule has 0 saturated carbocycles. The van der Waals surface area contributed by atoms with Gasteiger partial charge in [0, 0.05) is 24.0 Å². The Hall–Kier alpha value is -3.34. The number of hydrogen-bond acceptors (Lipinski definition) is 8. The quantitative estimate of drug-likeness (QED) is 0.290. The van der Waals surface area contributed by atoms with Crippen molar-refractivity contribution in [2.45, 2.75) is 11.8 Å². The molecular formula is C23H22N4O4S2. The average Bonchev–Trinajstić information content (AvgIpc) is 3.33. The van der Waals surface area contributed by atoms with Crippen molar-refractivity contribution in [2.24, 2.45) is 0 Å². The minimum atomic E-state index is -3.87. The number of thiophene rings is 1. The molecule has 10 heteroatoms. The van der Waals surface area contributed by atoms with E-state index in [9.17, 15) is 13.2 Å². The molecular weight excluding hydrogens is 460 g/mol. The molecule has 0 fully saturated rings. The Balaban J connectivity index is 1.51. The third-order valence-electron chi connectivity index (χ3n) is 4.91. The van der Waals surface area contributed by atoms with E-state index >= 15 is 0 Å². The van der Waals surface area contributed by atoms with E-state index in [0.29, 0.717) is 11.6 Å². The Morgan fingerprint density at radius 1 is 1.03 bits per heavy atom. The van der Waals surface area contributed by atoms with E-state index in [-0.39, 0.29) is 22.9 Å². The van der Waals surface area contributed by atoms with Crippen molar-refractivity contribution in [1.29, 1.82) is 0 Å². The summed E-state index contributed by atoms with van der Waals surface area (Å²) in [7, 11) is -2.65. The molecule has 0 atom stereocenters. The first-order chi connectivity index (χ1) is 15.9. The Bertz CT molecular complexity index is 1400. The molecule has 0 unspecified atom stereocenters. The van der Waals surface area contributed by atoms with Crippen LogP contribution in [0.5, 0.6) is 0 Å². The van der Waals surface area contributed by atoms with Gasteiger partial charge in [0.1, 0.15) is 15.6 Å². The smallest absolute Gasteiger partial charge is 0.349 e. The van der Waals surface area contributed by atoms with Crippen LogP contribution in [0.4, 0.5) is 5.82 Å². The average molecular weight is 483 g/mol. The predicted molar refractivity (Wildman–Crippen MR) is 129 cm³/mol. The first-order valence-electron chi connectivity index (χ1n) is 10.1. The number of ether oxygens (including phenoxy) is 1. The lowest BCUT2D eigenvalue weighted by atomic mass is 10.1. The fourth-order valence-corrected chi connectivity index (χ4v) is 5.60. The standard InChI is InChI=1S/C23H22N4O4S2/c1-15-7-9-16(10-8-15)21-26-18-6-4-3-5-17(18)22(27-21)24-12-13-25-33(29,30)19-11-14-32-20(19)23(28)31-2/h3-11,14,25H,12-13H2,1-2H3,(H,24,26,27). The second kappa shape index (κ2) is 9.65. The zero-order valence-electron chi connectivity index (χ0n) is 18.0. The van der Waals surface area contributed by atoms with Crippen LogP contribution in [0.2, 0.25) is 0 Å². The SMILES string of the molecule is COC(=O)c1sccc1S(=O)(=O)NCCNc1nc(-c2ccc(C)cc2)nc2ccccc12.